The zero-order valence-corrected chi connectivity index (χ0v) is 11.3. The van der Waals surface area contributed by atoms with Gasteiger partial charge >= 0.3 is 12.4 Å². The number of halogens is 8. The van der Waals surface area contributed by atoms with Crippen molar-refractivity contribution in [3.8, 4) is 0 Å². The van der Waals surface area contributed by atoms with Gasteiger partial charge in [0.1, 0.15) is 0 Å². The number of rotatable bonds is 0. The highest BCUT2D eigenvalue weighted by atomic mass is 79.9. The first-order valence-corrected chi connectivity index (χ1v) is 5.68. The Kier molecular flexibility index (Phi) is 3.88. The second-order valence-electron chi connectivity index (χ2n) is 3.22. The molecule has 0 N–H and O–H groups in total. The van der Waals surface area contributed by atoms with Crippen LogP contribution in [-0.4, -0.2) is 0 Å². The van der Waals surface area contributed by atoms with E-state index in [-0.39, 0.29) is 0 Å². The lowest BCUT2D eigenvalue weighted by atomic mass is 10.0. The molecule has 0 radical (unpaired) electrons. The average molecular weight is 386 g/mol. The van der Waals surface area contributed by atoms with Crippen molar-refractivity contribution in [2.24, 2.45) is 0 Å². The maximum Gasteiger partial charge on any atom is 0.417 e. The van der Waals surface area contributed by atoms with Crippen LogP contribution in [0.5, 0.6) is 0 Å². The first-order valence-electron chi connectivity index (χ1n) is 4.09. The van der Waals surface area contributed by atoms with Gasteiger partial charge in [-0.05, 0) is 34.5 Å². The van der Waals surface area contributed by atoms with E-state index in [1.165, 1.54) is 0 Å². The molecule has 17 heavy (non-hydrogen) atoms. The van der Waals surface area contributed by atoms with Crippen molar-refractivity contribution in [2.45, 2.75) is 19.3 Å². The van der Waals surface area contributed by atoms with Gasteiger partial charge in [-0.25, -0.2) is 0 Å². The summed E-state index contributed by atoms with van der Waals surface area (Å²) in [6.45, 7) is 0.979. The molecule has 0 heterocycles. The van der Waals surface area contributed by atoms with Gasteiger partial charge in [0.05, 0.1) is 11.1 Å². The van der Waals surface area contributed by atoms with Crippen LogP contribution in [0.4, 0.5) is 26.3 Å². The SMILES string of the molecule is Cc1c(Br)c(C(F)(F)F)cc(Br)c1C(F)(F)F. The van der Waals surface area contributed by atoms with Crippen molar-refractivity contribution >= 4 is 31.9 Å². The summed E-state index contributed by atoms with van der Waals surface area (Å²) in [5.74, 6) is 0. The monoisotopic (exact) mass is 384 g/mol. The average Bonchev–Trinajstić information content (AvgIpc) is 2.07. The molecule has 1 rings (SSSR count). The molecule has 0 atom stereocenters. The Morgan fingerprint density at radius 3 is 1.76 bits per heavy atom. The lowest BCUT2D eigenvalue weighted by Crippen LogP contribution is -2.13. The van der Waals surface area contributed by atoms with E-state index < -0.39 is 38.0 Å². The topological polar surface area (TPSA) is 0 Å². The summed E-state index contributed by atoms with van der Waals surface area (Å²) in [6, 6.07) is 0.417. The highest BCUT2D eigenvalue weighted by Gasteiger charge is 2.40. The van der Waals surface area contributed by atoms with Gasteiger partial charge < -0.3 is 0 Å². The minimum Gasteiger partial charge on any atom is -0.166 e. The molecule has 0 saturated heterocycles. The third-order valence-electron chi connectivity index (χ3n) is 2.04. The van der Waals surface area contributed by atoms with E-state index in [0.29, 0.717) is 6.07 Å². The Balaban J connectivity index is 3.60. The lowest BCUT2D eigenvalue weighted by Gasteiger charge is -2.18. The summed E-state index contributed by atoms with van der Waals surface area (Å²) in [6.07, 6.45) is -9.42. The molecule has 0 aliphatic rings. The van der Waals surface area contributed by atoms with E-state index in [1.807, 2.05) is 0 Å². The largest absolute Gasteiger partial charge is 0.417 e. The van der Waals surface area contributed by atoms with Gasteiger partial charge in [0, 0.05) is 8.95 Å². The van der Waals surface area contributed by atoms with E-state index in [9.17, 15) is 26.3 Å². The predicted octanol–water partition coefficient (Wildman–Crippen LogP) is 5.56. The van der Waals surface area contributed by atoms with Crippen LogP contribution in [0.25, 0.3) is 0 Å². The van der Waals surface area contributed by atoms with E-state index in [2.05, 4.69) is 31.9 Å². The van der Waals surface area contributed by atoms with Gasteiger partial charge in [-0.3, -0.25) is 0 Å². The lowest BCUT2D eigenvalue weighted by molar-refractivity contribution is -0.142. The summed E-state index contributed by atoms with van der Waals surface area (Å²) in [5.41, 5.74) is -2.76. The Morgan fingerprint density at radius 1 is 0.941 bits per heavy atom. The fraction of sp³-hybridized carbons (Fsp3) is 0.333. The van der Waals surface area contributed by atoms with Crippen molar-refractivity contribution in [3.63, 3.8) is 0 Å². The number of alkyl halides is 6. The van der Waals surface area contributed by atoms with Gasteiger partial charge in [-0.15, -0.1) is 0 Å². The first kappa shape index (κ1) is 14.8. The molecule has 0 saturated carbocycles. The Bertz CT molecular complexity index is 446. The summed E-state index contributed by atoms with van der Waals surface area (Å²) in [7, 11) is 0. The fourth-order valence-corrected chi connectivity index (χ4v) is 2.60. The molecular weight excluding hydrogens is 382 g/mol. The molecule has 0 spiro atoms. The summed E-state index contributed by atoms with van der Waals surface area (Å²) < 4.78 is 74.0. The molecular formula is C9H4Br2F6. The van der Waals surface area contributed by atoms with Crippen LogP contribution in [0.1, 0.15) is 16.7 Å². The number of benzene rings is 1. The molecule has 0 aliphatic carbocycles. The van der Waals surface area contributed by atoms with Gasteiger partial charge in [-0.1, -0.05) is 15.9 Å². The molecule has 0 unspecified atom stereocenters. The van der Waals surface area contributed by atoms with E-state index in [1.54, 1.807) is 0 Å². The highest BCUT2D eigenvalue weighted by molar-refractivity contribution is 9.11. The van der Waals surface area contributed by atoms with Crippen molar-refractivity contribution in [1.29, 1.82) is 0 Å². The Labute approximate surface area is 109 Å². The van der Waals surface area contributed by atoms with Gasteiger partial charge in [0.15, 0.2) is 0 Å². The minimum absolute atomic E-state index is 0.417. The maximum atomic E-state index is 12.6. The third kappa shape index (κ3) is 2.96. The van der Waals surface area contributed by atoms with Crippen LogP contribution in [0.3, 0.4) is 0 Å². The smallest absolute Gasteiger partial charge is 0.166 e. The number of hydrogen-bond donors (Lipinski definition) is 0. The van der Waals surface area contributed by atoms with Crippen LogP contribution in [0.2, 0.25) is 0 Å². The molecule has 0 nitrogen and oxygen atoms in total. The van der Waals surface area contributed by atoms with Crippen LogP contribution in [0, 0.1) is 6.92 Å². The third-order valence-corrected chi connectivity index (χ3v) is 3.69. The molecule has 0 fully saturated rings. The second-order valence-corrected chi connectivity index (χ2v) is 4.86. The van der Waals surface area contributed by atoms with Crippen molar-refractivity contribution in [3.05, 3.63) is 31.7 Å². The van der Waals surface area contributed by atoms with Gasteiger partial charge in [0.2, 0.25) is 0 Å². The van der Waals surface area contributed by atoms with Crippen LogP contribution in [0.15, 0.2) is 15.0 Å². The Morgan fingerprint density at radius 2 is 1.41 bits per heavy atom. The standard InChI is InChI=1S/C9H4Br2F6/c1-3-6(9(15,16)17)5(10)2-4(7(3)11)8(12,13)14/h2H,1H3. The summed E-state index contributed by atoms with van der Waals surface area (Å²) in [5, 5.41) is 0. The van der Waals surface area contributed by atoms with Crippen molar-refractivity contribution in [1.82, 2.24) is 0 Å². The molecule has 8 heteroatoms. The molecule has 96 valence electrons. The van der Waals surface area contributed by atoms with Crippen LogP contribution < -0.4 is 0 Å². The second kappa shape index (κ2) is 4.46. The molecule has 0 aliphatic heterocycles. The van der Waals surface area contributed by atoms with E-state index in [4.69, 9.17) is 0 Å². The molecule has 1 aromatic carbocycles. The van der Waals surface area contributed by atoms with Crippen molar-refractivity contribution < 1.29 is 26.3 Å². The Hall–Kier alpha value is -0.240. The van der Waals surface area contributed by atoms with Crippen LogP contribution >= 0.6 is 31.9 Å². The van der Waals surface area contributed by atoms with E-state index >= 15 is 0 Å². The zero-order valence-electron chi connectivity index (χ0n) is 8.10. The first-order chi connectivity index (χ1) is 7.46. The quantitative estimate of drug-likeness (QED) is 0.513. The highest BCUT2D eigenvalue weighted by Crippen LogP contribution is 2.45. The summed E-state index contributed by atoms with van der Waals surface area (Å²) >= 11 is 5.07. The minimum atomic E-state index is -4.71. The van der Waals surface area contributed by atoms with Gasteiger partial charge in [0.25, 0.3) is 0 Å². The maximum absolute atomic E-state index is 12.6. The molecule has 0 bridgehead atoms. The predicted molar refractivity (Wildman–Crippen MR) is 56.6 cm³/mol. The zero-order chi connectivity index (χ0) is 13.6. The fourth-order valence-electron chi connectivity index (χ4n) is 1.31. The molecule has 0 aromatic heterocycles. The normalized spacial score (nSPS) is 13.0. The number of hydrogen-bond acceptors (Lipinski definition) is 0. The molecule has 1 aromatic rings. The van der Waals surface area contributed by atoms with Crippen LogP contribution in [-0.2, 0) is 12.4 Å². The van der Waals surface area contributed by atoms with Gasteiger partial charge in [-0.2, -0.15) is 26.3 Å². The molecule has 0 amide bonds. The summed E-state index contributed by atoms with van der Waals surface area (Å²) in [4.78, 5) is 0. The van der Waals surface area contributed by atoms with Crippen molar-refractivity contribution in [2.75, 3.05) is 0 Å². The van der Waals surface area contributed by atoms with E-state index in [0.717, 1.165) is 6.92 Å².